The van der Waals surface area contributed by atoms with Crippen LogP contribution in [-0.4, -0.2) is 17.4 Å². The largest absolute Gasteiger partial charge is 0.573 e. The molecule has 3 aromatic rings. The second-order valence-electron chi connectivity index (χ2n) is 5.86. The Morgan fingerprint density at radius 3 is 2.43 bits per heavy atom. The molecule has 0 fully saturated rings. The second-order valence-corrected chi connectivity index (χ2v) is 5.86. The first-order valence-electron chi connectivity index (χ1n) is 8.13. The Morgan fingerprint density at radius 1 is 1.11 bits per heavy atom. The quantitative estimate of drug-likeness (QED) is 0.606. The first kappa shape index (κ1) is 19.3. The average Bonchev–Trinajstić information content (AvgIpc) is 3.01. The number of carboxylic acid groups (broad SMARTS) is 1. The molecule has 0 aliphatic heterocycles. The van der Waals surface area contributed by atoms with Crippen LogP contribution in [0, 0.1) is 6.92 Å². The van der Waals surface area contributed by atoms with Crippen molar-refractivity contribution in [2.75, 3.05) is 0 Å². The lowest BCUT2D eigenvalue weighted by Gasteiger charge is -2.15. The van der Waals surface area contributed by atoms with Gasteiger partial charge in [-0.2, -0.15) is 0 Å². The number of aromatic carboxylic acids is 1. The molecule has 146 valence electrons. The fraction of sp³-hybridized carbons (Fsp3) is 0.150. The van der Waals surface area contributed by atoms with Crippen LogP contribution in [0.25, 0.3) is 11.1 Å². The number of halogens is 3. The Bertz CT molecular complexity index is 977. The van der Waals surface area contributed by atoms with Crippen LogP contribution >= 0.6 is 0 Å². The third-order valence-electron chi connectivity index (χ3n) is 3.89. The summed E-state index contributed by atoms with van der Waals surface area (Å²) < 4.78 is 53.2. The highest BCUT2D eigenvalue weighted by Gasteiger charge is 2.32. The monoisotopic (exact) mass is 392 g/mol. The van der Waals surface area contributed by atoms with Crippen molar-refractivity contribution in [2.24, 2.45) is 0 Å². The Labute approximate surface area is 157 Å². The summed E-state index contributed by atoms with van der Waals surface area (Å²) in [6.45, 7) is 1.50. The van der Waals surface area contributed by atoms with Crippen molar-refractivity contribution >= 4 is 5.97 Å². The van der Waals surface area contributed by atoms with Crippen LogP contribution < -0.4 is 9.47 Å². The van der Waals surface area contributed by atoms with Crippen LogP contribution in [0.5, 0.6) is 11.5 Å². The van der Waals surface area contributed by atoms with E-state index in [1.807, 2.05) is 0 Å². The van der Waals surface area contributed by atoms with Crippen LogP contribution in [0.3, 0.4) is 0 Å². The lowest BCUT2D eigenvalue weighted by Crippen LogP contribution is -2.17. The minimum atomic E-state index is -4.86. The van der Waals surface area contributed by atoms with Crippen molar-refractivity contribution in [3.05, 3.63) is 71.7 Å². The van der Waals surface area contributed by atoms with Gasteiger partial charge >= 0.3 is 12.3 Å². The molecule has 0 aliphatic carbocycles. The number of rotatable bonds is 6. The van der Waals surface area contributed by atoms with E-state index in [0.29, 0.717) is 16.9 Å². The number of aryl methyl sites for hydroxylation is 1. The molecule has 2 aromatic carbocycles. The lowest BCUT2D eigenvalue weighted by molar-refractivity contribution is -0.274. The van der Waals surface area contributed by atoms with Gasteiger partial charge in [-0.05, 0) is 30.7 Å². The number of carbonyl (C=O) groups is 1. The number of furan rings is 1. The third-order valence-corrected chi connectivity index (χ3v) is 3.89. The molecular weight excluding hydrogens is 377 g/mol. The van der Waals surface area contributed by atoms with E-state index < -0.39 is 18.1 Å². The normalized spacial score (nSPS) is 11.3. The van der Waals surface area contributed by atoms with E-state index in [-0.39, 0.29) is 23.7 Å². The van der Waals surface area contributed by atoms with Gasteiger partial charge in [0, 0.05) is 17.2 Å². The fourth-order valence-electron chi connectivity index (χ4n) is 2.59. The van der Waals surface area contributed by atoms with Gasteiger partial charge in [0.1, 0.15) is 23.9 Å². The highest BCUT2D eigenvalue weighted by Crippen LogP contribution is 2.37. The van der Waals surface area contributed by atoms with Gasteiger partial charge in [-0.3, -0.25) is 0 Å². The van der Waals surface area contributed by atoms with E-state index in [1.54, 1.807) is 37.3 Å². The highest BCUT2D eigenvalue weighted by molar-refractivity contribution is 5.84. The predicted octanol–water partition coefficient (Wildman–Crippen LogP) is 5.43. The van der Waals surface area contributed by atoms with E-state index in [4.69, 9.17) is 14.3 Å². The van der Waals surface area contributed by atoms with Crippen LogP contribution in [-0.2, 0) is 6.61 Å². The Balaban J connectivity index is 1.86. The molecule has 0 unspecified atom stereocenters. The number of benzene rings is 2. The molecule has 1 aromatic heterocycles. The number of ether oxygens (including phenoxy) is 2. The van der Waals surface area contributed by atoms with Gasteiger partial charge in [0.15, 0.2) is 0 Å². The van der Waals surface area contributed by atoms with Crippen LogP contribution in [0.2, 0.25) is 0 Å². The number of carboxylic acids is 1. The summed E-state index contributed by atoms with van der Waals surface area (Å²) in [5.41, 5.74) is 1.30. The average molecular weight is 392 g/mol. The smallest absolute Gasteiger partial charge is 0.489 e. The first-order valence-corrected chi connectivity index (χ1v) is 8.13. The van der Waals surface area contributed by atoms with Gasteiger partial charge in [-0.1, -0.05) is 30.3 Å². The predicted molar refractivity (Wildman–Crippen MR) is 93.3 cm³/mol. The molecule has 1 heterocycles. The zero-order valence-corrected chi connectivity index (χ0v) is 14.6. The summed E-state index contributed by atoms with van der Waals surface area (Å²) in [7, 11) is 0. The molecule has 3 rings (SSSR count). The highest BCUT2D eigenvalue weighted by atomic mass is 19.4. The topological polar surface area (TPSA) is 68.9 Å². The molecule has 0 saturated heterocycles. The maximum Gasteiger partial charge on any atom is 0.573 e. The Kier molecular flexibility index (Phi) is 5.30. The van der Waals surface area contributed by atoms with Gasteiger partial charge < -0.3 is 19.0 Å². The molecule has 0 atom stereocenters. The minimum Gasteiger partial charge on any atom is -0.489 e. The molecule has 28 heavy (non-hydrogen) atoms. The molecule has 0 radical (unpaired) electrons. The summed E-state index contributed by atoms with van der Waals surface area (Å²) in [6, 6.07) is 13.9. The second kappa shape index (κ2) is 7.67. The van der Waals surface area contributed by atoms with E-state index in [9.17, 15) is 18.0 Å². The van der Waals surface area contributed by atoms with Crippen LogP contribution in [0.4, 0.5) is 13.2 Å². The first-order chi connectivity index (χ1) is 13.2. The van der Waals surface area contributed by atoms with E-state index in [1.165, 1.54) is 18.2 Å². The van der Waals surface area contributed by atoms with Crippen molar-refractivity contribution in [3.8, 4) is 22.6 Å². The molecule has 0 saturated carbocycles. The molecule has 0 amide bonds. The van der Waals surface area contributed by atoms with Gasteiger partial charge in [0.2, 0.25) is 5.76 Å². The summed E-state index contributed by atoms with van der Waals surface area (Å²) in [6.07, 6.45) is -4.86. The molecule has 0 aliphatic rings. The van der Waals surface area contributed by atoms with Crippen molar-refractivity contribution < 1.29 is 37.0 Å². The van der Waals surface area contributed by atoms with Crippen LogP contribution in [0.15, 0.2) is 59.0 Å². The van der Waals surface area contributed by atoms with Gasteiger partial charge in [-0.15, -0.1) is 13.2 Å². The van der Waals surface area contributed by atoms with Crippen LogP contribution in [0.1, 0.15) is 21.9 Å². The Hall–Kier alpha value is -3.42. The van der Waals surface area contributed by atoms with E-state index in [2.05, 4.69) is 4.74 Å². The lowest BCUT2D eigenvalue weighted by atomic mass is 10.0. The molecule has 0 spiro atoms. The van der Waals surface area contributed by atoms with Crippen molar-refractivity contribution in [3.63, 3.8) is 0 Å². The minimum absolute atomic E-state index is 0.0707. The van der Waals surface area contributed by atoms with Crippen molar-refractivity contribution in [1.29, 1.82) is 0 Å². The van der Waals surface area contributed by atoms with E-state index >= 15 is 0 Å². The van der Waals surface area contributed by atoms with Crippen molar-refractivity contribution in [2.45, 2.75) is 19.9 Å². The van der Waals surface area contributed by atoms with Gasteiger partial charge in [-0.25, -0.2) is 4.79 Å². The SMILES string of the molecule is Cc1oc(C(=O)O)cc1COc1ccc(-c2ccccc2)c(OC(F)(F)F)c1. The summed E-state index contributed by atoms with van der Waals surface area (Å²) in [5.74, 6) is -1.37. The molecular formula is C20H15F3O5. The summed E-state index contributed by atoms with van der Waals surface area (Å²) >= 11 is 0. The van der Waals surface area contributed by atoms with Crippen molar-refractivity contribution in [1.82, 2.24) is 0 Å². The van der Waals surface area contributed by atoms with E-state index in [0.717, 1.165) is 6.07 Å². The fourth-order valence-corrected chi connectivity index (χ4v) is 2.59. The number of alkyl halides is 3. The maximum atomic E-state index is 12.8. The van der Waals surface area contributed by atoms with Gasteiger partial charge in [0.25, 0.3) is 0 Å². The molecule has 5 nitrogen and oxygen atoms in total. The molecule has 0 bridgehead atoms. The van der Waals surface area contributed by atoms with Gasteiger partial charge in [0.05, 0.1) is 0 Å². The Morgan fingerprint density at radius 2 is 1.82 bits per heavy atom. The summed E-state index contributed by atoms with van der Waals surface area (Å²) in [5, 5.41) is 8.93. The number of hydrogen-bond donors (Lipinski definition) is 1. The standard InChI is InChI=1S/C20H15F3O5/c1-12-14(9-18(27-12)19(24)25)11-26-15-7-8-16(13-5-3-2-4-6-13)17(10-15)28-20(21,22)23/h2-10H,11H2,1H3,(H,24,25). The summed E-state index contributed by atoms with van der Waals surface area (Å²) in [4.78, 5) is 10.9. The maximum absolute atomic E-state index is 12.8. The zero-order chi connectivity index (χ0) is 20.3. The third kappa shape index (κ3) is 4.64. The molecule has 1 N–H and O–H groups in total. The number of hydrogen-bond acceptors (Lipinski definition) is 4. The molecule has 8 heteroatoms. The zero-order valence-electron chi connectivity index (χ0n) is 14.6.